The molecule has 0 aromatic carbocycles. The molecule has 0 aliphatic carbocycles. The lowest BCUT2D eigenvalue weighted by Crippen LogP contribution is -2.28. The second-order valence-corrected chi connectivity index (χ2v) is 11.4. The fourth-order valence-corrected chi connectivity index (χ4v) is 4.77. The summed E-state index contributed by atoms with van der Waals surface area (Å²) in [7, 11) is 0. The van der Waals surface area contributed by atoms with Crippen LogP contribution in [0.2, 0.25) is 0 Å². The third-order valence-corrected chi connectivity index (χ3v) is 7.29. The molecule has 0 rings (SSSR count). The molecule has 0 aromatic heterocycles. The zero-order chi connectivity index (χ0) is 30.9. The zero-order valence-electron chi connectivity index (χ0n) is 27.1. The van der Waals surface area contributed by atoms with Gasteiger partial charge in [-0.2, -0.15) is 0 Å². The minimum Gasteiger partial charge on any atom is -0.480 e. The SMILES string of the molecule is CC/C=C\C/C=C\C(/C=C\CCCCCC(=O)NCC(=O)O)OC(=O)CCCCCCCCCCCCCCCCC. The molecule has 0 fully saturated rings. The van der Waals surface area contributed by atoms with Crippen molar-refractivity contribution >= 4 is 17.8 Å². The molecule has 0 spiro atoms. The van der Waals surface area contributed by atoms with Gasteiger partial charge in [0.2, 0.25) is 5.91 Å². The highest BCUT2D eigenvalue weighted by atomic mass is 16.5. The molecule has 1 amide bonds. The van der Waals surface area contributed by atoms with Crippen LogP contribution in [0, 0.1) is 0 Å². The van der Waals surface area contributed by atoms with Gasteiger partial charge in [-0.3, -0.25) is 14.4 Å². The molecule has 1 atom stereocenters. The highest BCUT2D eigenvalue weighted by molar-refractivity contribution is 5.80. The fourth-order valence-electron chi connectivity index (χ4n) is 4.77. The van der Waals surface area contributed by atoms with E-state index in [-0.39, 0.29) is 24.5 Å². The van der Waals surface area contributed by atoms with Crippen LogP contribution in [0.3, 0.4) is 0 Å². The molecule has 6 heteroatoms. The number of carbonyl (C=O) groups excluding carboxylic acids is 2. The van der Waals surface area contributed by atoms with Crippen molar-refractivity contribution in [3.05, 3.63) is 36.5 Å². The van der Waals surface area contributed by atoms with Gasteiger partial charge in [-0.25, -0.2) is 0 Å². The minimum atomic E-state index is -1.03. The number of carboxylic acids is 1. The van der Waals surface area contributed by atoms with E-state index in [1.165, 1.54) is 83.5 Å². The Labute approximate surface area is 257 Å². The lowest BCUT2D eigenvalue weighted by atomic mass is 10.0. The molecule has 2 N–H and O–H groups in total. The number of esters is 1. The highest BCUT2D eigenvalue weighted by Gasteiger charge is 2.09. The van der Waals surface area contributed by atoms with Crippen LogP contribution in [0.25, 0.3) is 0 Å². The van der Waals surface area contributed by atoms with E-state index in [0.717, 1.165) is 51.4 Å². The van der Waals surface area contributed by atoms with Gasteiger partial charge in [-0.05, 0) is 50.7 Å². The molecule has 1 unspecified atom stereocenters. The van der Waals surface area contributed by atoms with E-state index < -0.39 is 5.97 Å². The van der Waals surface area contributed by atoms with E-state index in [4.69, 9.17) is 9.84 Å². The summed E-state index contributed by atoms with van der Waals surface area (Å²) in [6, 6.07) is 0. The molecule has 0 aliphatic rings. The number of unbranched alkanes of at least 4 members (excludes halogenated alkanes) is 17. The Morgan fingerprint density at radius 2 is 1.17 bits per heavy atom. The lowest BCUT2D eigenvalue weighted by Gasteiger charge is -2.11. The normalized spacial score (nSPS) is 12.4. The van der Waals surface area contributed by atoms with E-state index >= 15 is 0 Å². The predicted octanol–water partition coefficient (Wildman–Crippen LogP) is 9.78. The maximum atomic E-state index is 12.5. The monoisotopic (exact) mass is 589 g/mol. The van der Waals surface area contributed by atoms with Crippen LogP contribution in [0.15, 0.2) is 36.5 Å². The summed E-state index contributed by atoms with van der Waals surface area (Å²) in [5.74, 6) is -1.40. The fraction of sp³-hybridized carbons (Fsp3) is 0.750. The zero-order valence-corrected chi connectivity index (χ0v) is 27.1. The first-order valence-electron chi connectivity index (χ1n) is 17.2. The van der Waals surface area contributed by atoms with Gasteiger partial charge in [0.15, 0.2) is 0 Å². The van der Waals surface area contributed by atoms with Crippen LogP contribution in [-0.4, -0.2) is 35.6 Å². The van der Waals surface area contributed by atoms with E-state index in [0.29, 0.717) is 12.8 Å². The number of allylic oxidation sites excluding steroid dienone is 4. The van der Waals surface area contributed by atoms with E-state index in [1.54, 1.807) is 0 Å². The Bertz CT molecular complexity index is 743. The van der Waals surface area contributed by atoms with Crippen molar-refractivity contribution in [3.63, 3.8) is 0 Å². The molecule has 0 bridgehead atoms. The van der Waals surface area contributed by atoms with E-state index in [9.17, 15) is 14.4 Å². The van der Waals surface area contributed by atoms with Crippen LogP contribution < -0.4 is 5.32 Å². The molecule has 42 heavy (non-hydrogen) atoms. The minimum absolute atomic E-state index is 0.138. The Balaban J connectivity index is 4.06. The number of amides is 1. The predicted molar refractivity (Wildman–Crippen MR) is 175 cm³/mol. The van der Waals surface area contributed by atoms with Crippen molar-refractivity contribution in [2.45, 2.75) is 168 Å². The summed E-state index contributed by atoms with van der Waals surface area (Å²) in [4.78, 5) is 34.5. The van der Waals surface area contributed by atoms with Crippen molar-refractivity contribution in [1.29, 1.82) is 0 Å². The van der Waals surface area contributed by atoms with Crippen molar-refractivity contribution in [2.75, 3.05) is 6.54 Å². The molecule has 0 heterocycles. The standard InChI is InChI=1S/C36H63NO5/c1-3-5-7-9-10-11-12-13-14-15-16-17-18-23-27-31-36(41)42-33(28-24-20-8-6-4-2)29-25-21-19-22-26-30-34(38)37-32-35(39)40/h6,8,24-25,28-29,33H,3-5,7,9-23,26-27,30-32H2,1-2H3,(H,37,38)(H,39,40)/b8-6-,28-24-,29-25-. The maximum absolute atomic E-state index is 12.5. The van der Waals surface area contributed by atoms with Crippen molar-refractivity contribution in [1.82, 2.24) is 5.32 Å². The van der Waals surface area contributed by atoms with Crippen LogP contribution in [0.4, 0.5) is 0 Å². The quantitative estimate of drug-likeness (QED) is 0.0494. The van der Waals surface area contributed by atoms with Crippen LogP contribution in [-0.2, 0) is 19.1 Å². The largest absolute Gasteiger partial charge is 0.480 e. The summed E-state index contributed by atoms with van der Waals surface area (Å²) in [6.07, 6.45) is 37.4. The van der Waals surface area contributed by atoms with Crippen LogP contribution >= 0.6 is 0 Å². The highest BCUT2D eigenvalue weighted by Crippen LogP contribution is 2.14. The van der Waals surface area contributed by atoms with Gasteiger partial charge in [-0.1, -0.05) is 134 Å². The van der Waals surface area contributed by atoms with Crippen molar-refractivity contribution in [3.8, 4) is 0 Å². The topological polar surface area (TPSA) is 92.7 Å². The van der Waals surface area contributed by atoms with E-state index in [2.05, 4.69) is 31.3 Å². The molecular weight excluding hydrogens is 526 g/mol. The van der Waals surface area contributed by atoms with E-state index in [1.807, 2.05) is 24.3 Å². The smallest absolute Gasteiger partial charge is 0.322 e. The Morgan fingerprint density at radius 1 is 0.643 bits per heavy atom. The molecule has 0 aromatic rings. The summed E-state index contributed by atoms with van der Waals surface area (Å²) in [5, 5.41) is 11.0. The Hall–Kier alpha value is -2.37. The summed E-state index contributed by atoms with van der Waals surface area (Å²) in [6.45, 7) is 4.05. The summed E-state index contributed by atoms with van der Waals surface area (Å²) < 4.78 is 5.74. The number of ether oxygens (including phenoxy) is 1. The molecule has 0 saturated heterocycles. The lowest BCUT2D eigenvalue weighted by molar-refractivity contribution is -0.145. The first-order chi connectivity index (χ1) is 20.5. The third kappa shape index (κ3) is 30.6. The first kappa shape index (κ1) is 39.6. The number of rotatable bonds is 30. The second-order valence-electron chi connectivity index (χ2n) is 11.4. The molecule has 0 aliphatic heterocycles. The van der Waals surface area contributed by atoms with Crippen molar-refractivity contribution in [2.24, 2.45) is 0 Å². The number of carbonyl (C=O) groups is 3. The Morgan fingerprint density at radius 3 is 1.74 bits per heavy atom. The van der Waals surface area contributed by atoms with Gasteiger partial charge in [0.1, 0.15) is 12.6 Å². The average molecular weight is 590 g/mol. The van der Waals surface area contributed by atoms with Gasteiger partial charge >= 0.3 is 11.9 Å². The number of nitrogens with one attached hydrogen (secondary N) is 1. The first-order valence-corrected chi connectivity index (χ1v) is 17.2. The number of hydrogen-bond acceptors (Lipinski definition) is 4. The summed E-state index contributed by atoms with van der Waals surface area (Å²) >= 11 is 0. The van der Waals surface area contributed by atoms with Crippen LogP contribution in [0.1, 0.15) is 162 Å². The van der Waals surface area contributed by atoms with Gasteiger partial charge in [0, 0.05) is 12.8 Å². The van der Waals surface area contributed by atoms with Crippen molar-refractivity contribution < 1.29 is 24.2 Å². The number of hydrogen-bond donors (Lipinski definition) is 2. The maximum Gasteiger partial charge on any atom is 0.322 e. The summed E-state index contributed by atoms with van der Waals surface area (Å²) in [5.41, 5.74) is 0. The van der Waals surface area contributed by atoms with Gasteiger partial charge in [0.25, 0.3) is 0 Å². The molecule has 0 saturated carbocycles. The number of carboxylic acid groups (broad SMARTS) is 1. The van der Waals surface area contributed by atoms with Gasteiger partial charge in [-0.15, -0.1) is 0 Å². The van der Waals surface area contributed by atoms with Gasteiger partial charge < -0.3 is 15.2 Å². The Kier molecular flexibility index (Phi) is 29.8. The molecule has 0 radical (unpaired) electrons. The molecule has 6 nitrogen and oxygen atoms in total. The number of aliphatic carboxylic acids is 1. The average Bonchev–Trinajstić information content (AvgIpc) is 2.97. The third-order valence-electron chi connectivity index (χ3n) is 7.29. The molecule has 242 valence electrons. The van der Waals surface area contributed by atoms with Crippen LogP contribution in [0.5, 0.6) is 0 Å². The molecular formula is C36H63NO5. The second kappa shape index (κ2) is 31.6. The van der Waals surface area contributed by atoms with Gasteiger partial charge in [0.05, 0.1) is 0 Å².